The van der Waals surface area contributed by atoms with Gasteiger partial charge in [0.1, 0.15) is 24.3 Å². The highest BCUT2D eigenvalue weighted by Crippen LogP contribution is 2.29. The fourth-order valence-corrected chi connectivity index (χ4v) is 5.43. The van der Waals surface area contributed by atoms with Crippen LogP contribution in [0.5, 0.6) is 0 Å². The van der Waals surface area contributed by atoms with E-state index in [1.165, 1.54) is 11.9 Å². The summed E-state index contributed by atoms with van der Waals surface area (Å²) in [6, 6.07) is 7.13. The number of aromatic nitrogens is 1. The molecule has 0 spiro atoms. The maximum atomic E-state index is 13.6. The summed E-state index contributed by atoms with van der Waals surface area (Å²) >= 11 is 17.0. The van der Waals surface area contributed by atoms with E-state index in [4.69, 9.17) is 54.0 Å². The molecule has 13 nitrogen and oxygen atoms in total. The molecule has 0 bridgehead atoms. The number of carbonyl (C=O) groups excluding carboxylic acids is 5. The van der Waals surface area contributed by atoms with E-state index in [0.29, 0.717) is 24.1 Å². The van der Waals surface area contributed by atoms with Gasteiger partial charge in [-0.2, -0.15) is 0 Å². The number of nitrogens with zero attached hydrogens (tertiary/aromatic N) is 2. The number of alkyl carbamates (subject to hydrolysis) is 1. The van der Waals surface area contributed by atoms with Crippen molar-refractivity contribution in [3.05, 3.63) is 47.7 Å². The number of pyridine rings is 1. The van der Waals surface area contributed by atoms with E-state index in [1.54, 1.807) is 67.5 Å². The van der Waals surface area contributed by atoms with Gasteiger partial charge in [0.2, 0.25) is 3.79 Å². The number of rotatable bonds is 11. The second-order valence-electron chi connectivity index (χ2n) is 16.0. The van der Waals surface area contributed by atoms with Crippen LogP contribution in [0.25, 0.3) is 17.0 Å². The Kier molecular flexibility index (Phi) is 14.8. The Balaban J connectivity index is 1.67. The molecule has 4 atom stereocenters. The van der Waals surface area contributed by atoms with Crippen LogP contribution in [0.2, 0.25) is 0 Å². The second-order valence-corrected chi connectivity index (χ2v) is 18.5. The number of halogens is 3. The molecule has 1 saturated heterocycles. The first-order valence-electron chi connectivity index (χ1n) is 17.7. The first-order chi connectivity index (χ1) is 24.8. The van der Waals surface area contributed by atoms with Crippen molar-refractivity contribution in [2.75, 3.05) is 13.2 Å². The minimum absolute atomic E-state index is 0.282. The standard InChI is InChI=1S/C38H52Cl3N5O8/c1-22(43-34(51)54-36(6,7)8)26-16-15-25-14-13-24(20-28(25)44-26)17-18-37(9,10)33(50)53-29(35(3,4)5)30(47)42-23(2)31(48)46-19-11-12-27(45-46)32(49)52-21-38(39,40)41/h13-18,20,22-23,27,29,45H,11-12,19,21H2,1-10H3,(H,42,47)(H,43,51). The molecule has 2 heterocycles. The van der Waals surface area contributed by atoms with Crippen molar-refractivity contribution in [1.29, 1.82) is 0 Å². The molecule has 0 saturated carbocycles. The lowest BCUT2D eigenvalue weighted by Gasteiger charge is -2.35. The van der Waals surface area contributed by atoms with Crippen molar-refractivity contribution >= 4 is 81.6 Å². The summed E-state index contributed by atoms with van der Waals surface area (Å²) in [5.41, 5.74) is 2.32. The molecular formula is C38H52Cl3N5O8. The van der Waals surface area contributed by atoms with Crippen molar-refractivity contribution < 1.29 is 38.2 Å². The van der Waals surface area contributed by atoms with Crippen LogP contribution in [-0.4, -0.2) is 80.6 Å². The van der Waals surface area contributed by atoms with Gasteiger partial charge < -0.3 is 24.8 Å². The van der Waals surface area contributed by atoms with Crippen LogP contribution in [0.15, 0.2) is 36.4 Å². The highest BCUT2D eigenvalue weighted by atomic mass is 35.6. The number of alkyl halides is 3. The number of amides is 3. The normalized spacial score (nSPS) is 17.4. The van der Waals surface area contributed by atoms with Crippen LogP contribution in [-0.2, 0) is 33.4 Å². The Bertz CT molecular complexity index is 1730. The fraction of sp³-hybridized carbons (Fsp3) is 0.579. The summed E-state index contributed by atoms with van der Waals surface area (Å²) in [7, 11) is 0. The molecule has 3 amide bonds. The predicted molar refractivity (Wildman–Crippen MR) is 208 cm³/mol. The third-order valence-corrected chi connectivity index (χ3v) is 8.55. The van der Waals surface area contributed by atoms with Crippen LogP contribution < -0.4 is 16.1 Å². The largest absolute Gasteiger partial charge is 0.460 e. The Morgan fingerprint density at radius 2 is 1.63 bits per heavy atom. The molecule has 298 valence electrons. The van der Waals surface area contributed by atoms with Gasteiger partial charge in [-0.05, 0) is 79.0 Å². The van der Waals surface area contributed by atoms with Crippen LogP contribution in [0, 0.1) is 10.8 Å². The Hall–Kier alpha value is -3.65. The van der Waals surface area contributed by atoms with Gasteiger partial charge in [-0.15, -0.1) is 0 Å². The lowest BCUT2D eigenvalue weighted by Crippen LogP contribution is -2.60. The van der Waals surface area contributed by atoms with E-state index in [2.05, 4.69) is 16.1 Å². The number of carbonyl (C=O) groups is 5. The number of hydrazine groups is 1. The van der Waals surface area contributed by atoms with Crippen LogP contribution in [0.4, 0.5) is 4.79 Å². The molecule has 0 radical (unpaired) electrons. The van der Waals surface area contributed by atoms with E-state index < -0.39 is 80.9 Å². The summed E-state index contributed by atoms with van der Waals surface area (Å²) in [6.45, 7) is 17.1. The SMILES string of the molecule is CC(NC(=O)C(OC(=O)C(C)(C)C=Cc1ccc2ccc(C(C)NC(=O)OC(C)(C)C)nc2c1)C(C)(C)C)C(=O)N1CCCC(C(=O)OCC(Cl)(Cl)Cl)N1. The van der Waals surface area contributed by atoms with Crippen molar-refractivity contribution in [3.8, 4) is 0 Å². The zero-order valence-electron chi connectivity index (χ0n) is 32.5. The maximum absolute atomic E-state index is 13.6. The number of esters is 2. The van der Waals surface area contributed by atoms with Crippen molar-refractivity contribution in [3.63, 3.8) is 0 Å². The molecule has 2 aromatic rings. The van der Waals surface area contributed by atoms with E-state index in [0.717, 1.165) is 10.9 Å². The van der Waals surface area contributed by atoms with Gasteiger partial charge in [0.05, 0.1) is 22.7 Å². The van der Waals surface area contributed by atoms with Gasteiger partial charge in [-0.25, -0.2) is 10.2 Å². The number of benzene rings is 1. The van der Waals surface area contributed by atoms with Gasteiger partial charge in [0, 0.05) is 17.3 Å². The smallest absolute Gasteiger partial charge is 0.408 e. The number of fused-ring (bicyclic) bond motifs is 1. The van der Waals surface area contributed by atoms with E-state index in [-0.39, 0.29) is 6.54 Å². The zero-order chi connectivity index (χ0) is 40.8. The monoisotopic (exact) mass is 811 g/mol. The third kappa shape index (κ3) is 13.6. The minimum Gasteiger partial charge on any atom is -0.460 e. The number of ether oxygens (including phenoxy) is 3. The van der Waals surface area contributed by atoms with Crippen molar-refractivity contribution in [2.24, 2.45) is 10.8 Å². The lowest BCUT2D eigenvalue weighted by atomic mass is 9.87. The topological polar surface area (TPSA) is 165 Å². The summed E-state index contributed by atoms with van der Waals surface area (Å²) in [5.74, 6) is -2.49. The maximum Gasteiger partial charge on any atom is 0.408 e. The second kappa shape index (κ2) is 17.9. The van der Waals surface area contributed by atoms with Crippen LogP contribution >= 0.6 is 34.8 Å². The van der Waals surface area contributed by atoms with Gasteiger partial charge in [-0.1, -0.05) is 85.9 Å². The van der Waals surface area contributed by atoms with Gasteiger partial charge in [0.25, 0.3) is 11.8 Å². The Labute approximate surface area is 332 Å². The fourth-order valence-electron chi connectivity index (χ4n) is 5.26. The van der Waals surface area contributed by atoms with Gasteiger partial charge >= 0.3 is 18.0 Å². The quantitative estimate of drug-likeness (QED) is 0.126. The number of nitrogens with one attached hydrogen (secondary N) is 3. The average Bonchev–Trinajstić information content (AvgIpc) is 3.05. The van der Waals surface area contributed by atoms with Crippen LogP contribution in [0.1, 0.15) is 99.4 Å². The predicted octanol–water partition coefficient (Wildman–Crippen LogP) is 6.73. The molecule has 16 heteroatoms. The molecule has 3 N–H and O–H groups in total. The third-order valence-electron chi connectivity index (χ3n) is 8.23. The summed E-state index contributed by atoms with van der Waals surface area (Å²) in [5, 5.41) is 7.60. The van der Waals surface area contributed by atoms with E-state index in [9.17, 15) is 24.0 Å². The van der Waals surface area contributed by atoms with Gasteiger partial charge in [0.15, 0.2) is 6.10 Å². The highest BCUT2D eigenvalue weighted by molar-refractivity contribution is 6.67. The number of hydrogen-bond donors (Lipinski definition) is 3. The molecule has 0 aliphatic carbocycles. The summed E-state index contributed by atoms with van der Waals surface area (Å²) in [6.07, 6.45) is 2.56. The molecular weight excluding hydrogens is 761 g/mol. The van der Waals surface area contributed by atoms with Crippen molar-refractivity contribution in [1.82, 2.24) is 26.1 Å². The molecule has 1 aromatic carbocycles. The highest BCUT2D eigenvalue weighted by Gasteiger charge is 2.40. The van der Waals surface area contributed by atoms with Crippen LogP contribution in [0.3, 0.4) is 0 Å². The van der Waals surface area contributed by atoms with E-state index >= 15 is 0 Å². The first kappa shape index (κ1) is 44.7. The van der Waals surface area contributed by atoms with Crippen molar-refractivity contribution in [2.45, 2.75) is 116 Å². The molecule has 1 aliphatic heterocycles. The minimum atomic E-state index is -1.78. The Morgan fingerprint density at radius 3 is 2.24 bits per heavy atom. The molecule has 3 rings (SSSR count). The Morgan fingerprint density at radius 1 is 0.981 bits per heavy atom. The first-order valence-corrected chi connectivity index (χ1v) is 18.8. The molecule has 54 heavy (non-hydrogen) atoms. The average molecular weight is 813 g/mol. The molecule has 1 fully saturated rings. The molecule has 1 aromatic heterocycles. The number of hydrogen-bond acceptors (Lipinski definition) is 10. The van der Waals surface area contributed by atoms with E-state index in [1.807, 2.05) is 37.3 Å². The summed E-state index contributed by atoms with van der Waals surface area (Å²) < 4.78 is 14.5. The molecule has 4 unspecified atom stereocenters. The summed E-state index contributed by atoms with van der Waals surface area (Å²) in [4.78, 5) is 69.9. The zero-order valence-corrected chi connectivity index (χ0v) is 34.7. The molecule has 1 aliphatic rings. The van der Waals surface area contributed by atoms with Gasteiger partial charge in [-0.3, -0.25) is 29.2 Å². The lowest BCUT2D eigenvalue weighted by molar-refractivity contribution is -0.169.